The Hall–Kier alpha value is -1.72. The van der Waals surface area contributed by atoms with Crippen LogP contribution in [0, 0.1) is 0 Å². The third-order valence-corrected chi connectivity index (χ3v) is 4.36. The molecule has 1 amide bonds. The molecule has 0 saturated heterocycles. The Morgan fingerprint density at radius 2 is 1.27 bits per heavy atom. The van der Waals surface area contributed by atoms with Gasteiger partial charge in [-0.1, -0.05) is 51.4 Å². The zero-order chi connectivity index (χ0) is 19.6. The van der Waals surface area contributed by atoms with E-state index in [9.17, 15) is 19.2 Å². The van der Waals surface area contributed by atoms with Crippen molar-refractivity contribution in [3.8, 4) is 0 Å². The number of nitrogens with one attached hydrogen (secondary N) is 1. The number of unbranched alkanes of at least 4 members (excludes halogenated alkanes) is 9. The predicted molar refractivity (Wildman–Crippen MR) is 101 cm³/mol. The predicted octanol–water partition coefficient (Wildman–Crippen LogP) is 3.81. The average molecular weight is 370 g/mol. The highest BCUT2D eigenvalue weighted by molar-refractivity contribution is 5.80. The molecule has 0 bridgehead atoms. The molecule has 0 spiro atoms. The molecule has 0 rings (SSSR count). The molecule has 6 heteroatoms. The third-order valence-electron chi connectivity index (χ3n) is 4.36. The van der Waals surface area contributed by atoms with Gasteiger partial charge in [-0.2, -0.15) is 0 Å². The van der Waals surface area contributed by atoms with Gasteiger partial charge in [-0.05, 0) is 26.2 Å². The van der Waals surface area contributed by atoms with Crippen molar-refractivity contribution < 1.29 is 24.3 Å². The molecular formula is C20H35NO5. The minimum absolute atomic E-state index is 0.0198. The van der Waals surface area contributed by atoms with Gasteiger partial charge in [-0.25, -0.2) is 0 Å². The highest BCUT2D eigenvalue weighted by Crippen LogP contribution is 2.12. The van der Waals surface area contributed by atoms with Gasteiger partial charge in [0.05, 0.1) is 6.04 Å². The van der Waals surface area contributed by atoms with Crippen LogP contribution in [0.1, 0.15) is 96.8 Å². The third kappa shape index (κ3) is 17.1. The quantitative estimate of drug-likeness (QED) is 0.283. The van der Waals surface area contributed by atoms with E-state index < -0.39 is 12.0 Å². The van der Waals surface area contributed by atoms with Crippen molar-refractivity contribution in [2.45, 2.75) is 103 Å². The van der Waals surface area contributed by atoms with Gasteiger partial charge in [-0.15, -0.1) is 0 Å². The van der Waals surface area contributed by atoms with Gasteiger partial charge in [-0.3, -0.25) is 9.59 Å². The number of carboxylic acid groups (broad SMARTS) is 1. The van der Waals surface area contributed by atoms with E-state index in [2.05, 4.69) is 5.32 Å². The summed E-state index contributed by atoms with van der Waals surface area (Å²) in [4.78, 5) is 43.9. The van der Waals surface area contributed by atoms with Gasteiger partial charge in [0.25, 0.3) is 0 Å². The van der Waals surface area contributed by atoms with E-state index in [1.165, 1.54) is 19.8 Å². The molecule has 0 aromatic carbocycles. The van der Waals surface area contributed by atoms with Crippen LogP contribution in [-0.2, 0) is 19.2 Å². The largest absolute Gasteiger partial charge is 0.481 e. The van der Waals surface area contributed by atoms with Crippen LogP contribution in [0.3, 0.4) is 0 Å². The second-order valence-corrected chi connectivity index (χ2v) is 6.98. The lowest BCUT2D eigenvalue weighted by Crippen LogP contribution is -2.36. The number of aliphatic carboxylic acids is 1. The van der Waals surface area contributed by atoms with E-state index in [0.29, 0.717) is 25.5 Å². The molecule has 0 saturated carbocycles. The first-order valence-corrected chi connectivity index (χ1v) is 9.91. The average Bonchev–Trinajstić information content (AvgIpc) is 2.59. The van der Waals surface area contributed by atoms with Crippen LogP contribution in [0.5, 0.6) is 0 Å². The number of carbonyl (C=O) groups excluding carboxylic acids is 3. The van der Waals surface area contributed by atoms with Crippen molar-refractivity contribution >= 4 is 23.9 Å². The van der Waals surface area contributed by atoms with Gasteiger partial charge in [0.1, 0.15) is 12.1 Å². The van der Waals surface area contributed by atoms with E-state index in [1.54, 1.807) is 0 Å². The molecule has 2 N–H and O–H groups in total. The Kier molecular flexibility index (Phi) is 15.6. The Balaban J connectivity index is 3.43. The summed E-state index contributed by atoms with van der Waals surface area (Å²) < 4.78 is 0. The van der Waals surface area contributed by atoms with Crippen LogP contribution in [0.15, 0.2) is 0 Å². The highest BCUT2D eigenvalue weighted by Gasteiger charge is 2.11. The topological polar surface area (TPSA) is 101 Å². The highest BCUT2D eigenvalue weighted by atomic mass is 16.4. The van der Waals surface area contributed by atoms with Crippen LogP contribution in [0.4, 0.5) is 0 Å². The zero-order valence-corrected chi connectivity index (χ0v) is 16.1. The van der Waals surface area contributed by atoms with Gasteiger partial charge in [0, 0.05) is 19.3 Å². The molecular weight excluding hydrogens is 334 g/mol. The summed E-state index contributed by atoms with van der Waals surface area (Å²) in [6.45, 7) is 1.48. The number of ketones is 1. The van der Waals surface area contributed by atoms with Crippen molar-refractivity contribution in [1.82, 2.24) is 5.32 Å². The van der Waals surface area contributed by atoms with Crippen molar-refractivity contribution in [1.29, 1.82) is 0 Å². The smallest absolute Gasteiger partial charge is 0.303 e. The Morgan fingerprint density at radius 1 is 0.808 bits per heavy atom. The van der Waals surface area contributed by atoms with Crippen LogP contribution in [-0.4, -0.2) is 35.1 Å². The first-order chi connectivity index (χ1) is 12.5. The number of rotatable bonds is 18. The van der Waals surface area contributed by atoms with Crippen LogP contribution >= 0.6 is 0 Å². The van der Waals surface area contributed by atoms with E-state index in [1.807, 2.05) is 0 Å². The van der Waals surface area contributed by atoms with Gasteiger partial charge in [0.15, 0.2) is 0 Å². The summed E-state index contributed by atoms with van der Waals surface area (Å²) in [6, 6.07) is -0.554. The summed E-state index contributed by atoms with van der Waals surface area (Å²) in [5.74, 6) is -0.810. The van der Waals surface area contributed by atoms with Crippen LogP contribution in [0.2, 0.25) is 0 Å². The molecule has 150 valence electrons. The number of aldehydes is 1. The van der Waals surface area contributed by atoms with Gasteiger partial charge in [0.2, 0.25) is 5.91 Å². The lowest BCUT2D eigenvalue weighted by atomic mass is 10.0. The fourth-order valence-corrected chi connectivity index (χ4v) is 2.79. The van der Waals surface area contributed by atoms with Gasteiger partial charge >= 0.3 is 5.97 Å². The molecule has 26 heavy (non-hydrogen) atoms. The van der Waals surface area contributed by atoms with E-state index >= 15 is 0 Å². The van der Waals surface area contributed by atoms with Crippen LogP contribution in [0.25, 0.3) is 0 Å². The Bertz CT molecular complexity index is 422. The summed E-state index contributed by atoms with van der Waals surface area (Å²) in [6.07, 6.45) is 12.6. The van der Waals surface area contributed by atoms with E-state index in [4.69, 9.17) is 5.11 Å². The molecule has 0 unspecified atom stereocenters. The second kappa shape index (κ2) is 16.7. The number of hydrogen-bond acceptors (Lipinski definition) is 4. The Morgan fingerprint density at radius 3 is 1.69 bits per heavy atom. The summed E-state index contributed by atoms with van der Waals surface area (Å²) in [5, 5.41) is 11.2. The lowest BCUT2D eigenvalue weighted by molar-refractivity contribution is -0.137. The lowest BCUT2D eigenvalue weighted by Gasteiger charge is -2.11. The van der Waals surface area contributed by atoms with Crippen molar-refractivity contribution in [2.24, 2.45) is 0 Å². The molecule has 0 heterocycles. The minimum atomic E-state index is -0.712. The standard InChI is InChI=1S/C20H35NO5/c1-17(23)14-15-18(16-22)21-19(24)12-10-8-6-4-2-3-5-7-9-11-13-20(25)26/h16,18H,2-15H2,1H3,(H,21,24)(H,25,26)/t18-/m0/s1. The van der Waals surface area contributed by atoms with Gasteiger partial charge < -0.3 is 20.0 Å². The molecule has 0 fully saturated rings. The van der Waals surface area contributed by atoms with Crippen molar-refractivity contribution in [3.05, 3.63) is 0 Å². The van der Waals surface area contributed by atoms with Crippen molar-refractivity contribution in [2.75, 3.05) is 0 Å². The molecule has 0 aliphatic rings. The normalized spacial score (nSPS) is 11.7. The maximum atomic E-state index is 11.8. The summed E-state index contributed by atoms with van der Waals surface area (Å²) >= 11 is 0. The molecule has 0 aliphatic heterocycles. The molecule has 0 aliphatic carbocycles. The fraction of sp³-hybridized carbons (Fsp3) is 0.800. The van der Waals surface area contributed by atoms with E-state index in [-0.39, 0.29) is 18.1 Å². The molecule has 6 nitrogen and oxygen atoms in total. The maximum Gasteiger partial charge on any atom is 0.303 e. The number of Topliss-reactive ketones (excluding diaryl/α,β-unsaturated/α-hetero) is 1. The first-order valence-electron chi connectivity index (χ1n) is 9.91. The minimum Gasteiger partial charge on any atom is -0.481 e. The SMILES string of the molecule is CC(=O)CC[C@@H](C=O)NC(=O)CCCCCCCCCCCCC(=O)O. The molecule has 1 atom stereocenters. The summed E-state index contributed by atoms with van der Waals surface area (Å²) in [7, 11) is 0. The molecule has 0 aromatic heterocycles. The summed E-state index contributed by atoms with van der Waals surface area (Å²) in [5.41, 5.74) is 0. The number of carboxylic acids is 1. The molecule has 0 radical (unpaired) electrons. The zero-order valence-electron chi connectivity index (χ0n) is 16.1. The number of amides is 1. The Labute approximate surface area is 157 Å². The monoisotopic (exact) mass is 369 g/mol. The molecule has 0 aromatic rings. The van der Waals surface area contributed by atoms with E-state index in [0.717, 1.165) is 51.4 Å². The van der Waals surface area contributed by atoms with Crippen LogP contribution < -0.4 is 5.32 Å². The number of hydrogen-bond donors (Lipinski definition) is 2. The second-order valence-electron chi connectivity index (χ2n) is 6.98. The van der Waals surface area contributed by atoms with Crippen molar-refractivity contribution in [3.63, 3.8) is 0 Å². The maximum absolute atomic E-state index is 11.8. The first kappa shape index (κ1) is 24.3. The fourth-order valence-electron chi connectivity index (χ4n) is 2.79. The number of carbonyl (C=O) groups is 4.